The summed E-state index contributed by atoms with van der Waals surface area (Å²) in [6.45, 7) is 4.48. The van der Waals surface area contributed by atoms with Crippen LogP contribution in [0.25, 0.3) is 0 Å². The zero-order valence-corrected chi connectivity index (χ0v) is 18.2. The lowest BCUT2D eigenvalue weighted by Gasteiger charge is -2.30. The Bertz CT molecular complexity index is 815. The molecule has 0 aromatic heterocycles. The van der Waals surface area contributed by atoms with Crippen molar-refractivity contribution in [3.63, 3.8) is 0 Å². The second kappa shape index (κ2) is 11.7. The third kappa shape index (κ3) is 6.94. The maximum absolute atomic E-state index is 13.0. The third-order valence-electron chi connectivity index (χ3n) is 4.38. The van der Waals surface area contributed by atoms with E-state index in [9.17, 15) is 9.59 Å². The molecule has 2 amide bonds. The molecule has 0 fully saturated rings. The molecule has 0 bridgehead atoms. The van der Waals surface area contributed by atoms with Gasteiger partial charge in [0.05, 0.1) is 10.0 Å². The summed E-state index contributed by atoms with van der Waals surface area (Å²) in [5, 5.41) is 3.72. The lowest BCUT2D eigenvalue weighted by atomic mass is 10.1. The number of nitrogens with one attached hydrogen (secondary N) is 1. The van der Waals surface area contributed by atoms with Crippen molar-refractivity contribution in [1.29, 1.82) is 0 Å². The van der Waals surface area contributed by atoms with Gasteiger partial charge in [-0.15, -0.1) is 0 Å². The molecule has 0 saturated carbocycles. The Hall–Kier alpha value is -2.24. The summed E-state index contributed by atoms with van der Waals surface area (Å²) >= 11 is 12.1. The second-order valence-corrected chi connectivity index (χ2v) is 7.40. The molecule has 0 radical (unpaired) electrons. The maximum Gasteiger partial charge on any atom is 0.261 e. The molecule has 7 heteroatoms. The van der Waals surface area contributed by atoms with Crippen LogP contribution in [0.3, 0.4) is 0 Å². The zero-order chi connectivity index (χ0) is 21.2. The number of amides is 2. The minimum atomic E-state index is -0.608. The fourth-order valence-electron chi connectivity index (χ4n) is 2.86. The van der Waals surface area contributed by atoms with E-state index in [1.165, 1.54) is 4.90 Å². The Kier molecular flexibility index (Phi) is 9.29. The molecule has 2 aromatic rings. The van der Waals surface area contributed by atoms with Gasteiger partial charge in [-0.3, -0.25) is 9.59 Å². The van der Waals surface area contributed by atoms with E-state index < -0.39 is 6.04 Å². The Labute approximate surface area is 181 Å². The molecule has 0 aliphatic rings. The first-order chi connectivity index (χ1) is 14.0. The van der Waals surface area contributed by atoms with Crippen molar-refractivity contribution >= 4 is 35.0 Å². The average Bonchev–Trinajstić information content (AvgIpc) is 2.73. The first kappa shape index (κ1) is 23.0. The Balaban J connectivity index is 2.21. The Morgan fingerprint density at radius 2 is 1.79 bits per heavy atom. The molecule has 0 saturated heterocycles. The van der Waals surface area contributed by atoms with E-state index in [-0.39, 0.29) is 25.0 Å². The van der Waals surface area contributed by atoms with Crippen LogP contribution in [0.2, 0.25) is 10.0 Å². The summed E-state index contributed by atoms with van der Waals surface area (Å²) in [5.74, 6) is 0.139. The van der Waals surface area contributed by atoms with E-state index in [0.717, 1.165) is 12.0 Å². The average molecular weight is 437 g/mol. The molecule has 29 heavy (non-hydrogen) atoms. The highest BCUT2D eigenvalue weighted by atomic mass is 35.5. The van der Waals surface area contributed by atoms with Gasteiger partial charge in [0.25, 0.3) is 5.91 Å². The van der Waals surface area contributed by atoms with E-state index >= 15 is 0 Å². The van der Waals surface area contributed by atoms with Crippen molar-refractivity contribution in [3.8, 4) is 5.75 Å². The highest BCUT2D eigenvalue weighted by molar-refractivity contribution is 6.42. The van der Waals surface area contributed by atoms with Crippen molar-refractivity contribution in [2.75, 3.05) is 13.2 Å². The van der Waals surface area contributed by atoms with Gasteiger partial charge in [0.1, 0.15) is 11.8 Å². The smallest absolute Gasteiger partial charge is 0.261 e. The molecule has 2 rings (SSSR count). The molecule has 1 N–H and O–H groups in total. The van der Waals surface area contributed by atoms with E-state index in [4.69, 9.17) is 27.9 Å². The predicted molar refractivity (Wildman–Crippen MR) is 116 cm³/mol. The number of para-hydroxylation sites is 1. The fraction of sp³-hybridized carbons (Fsp3) is 0.364. The summed E-state index contributed by atoms with van der Waals surface area (Å²) in [6.07, 6.45) is 1.30. The lowest BCUT2D eigenvalue weighted by molar-refractivity contribution is -0.143. The first-order valence-corrected chi connectivity index (χ1v) is 10.4. The van der Waals surface area contributed by atoms with Gasteiger partial charge in [0, 0.05) is 13.1 Å². The molecule has 0 spiro atoms. The molecule has 0 heterocycles. The van der Waals surface area contributed by atoms with Gasteiger partial charge < -0.3 is 15.0 Å². The van der Waals surface area contributed by atoms with Crippen LogP contribution in [0.4, 0.5) is 0 Å². The van der Waals surface area contributed by atoms with Crippen LogP contribution >= 0.6 is 23.2 Å². The second-order valence-electron chi connectivity index (χ2n) is 6.59. The first-order valence-electron chi connectivity index (χ1n) is 9.65. The zero-order valence-electron chi connectivity index (χ0n) is 16.7. The summed E-state index contributed by atoms with van der Waals surface area (Å²) in [4.78, 5) is 27.2. The van der Waals surface area contributed by atoms with Crippen molar-refractivity contribution in [2.24, 2.45) is 0 Å². The van der Waals surface area contributed by atoms with E-state index in [1.807, 2.05) is 32.0 Å². The predicted octanol–water partition coefficient (Wildman–Crippen LogP) is 4.71. The van der Waals surface area contributed by atoms with Crippen LogP contribution in [0, 0.1) is 0 Å². The number of benzene rings is 2. The number of rotatable bonds is 10. The molecular weight excluding hydrogens is 411 g/mol. The normalized spacial score (nSPS) is 11.6. The largest absolute Gasteiger partial charge is 0.484 e. The summed E-state index contributed by atoms with van der Waals surface area (Å²) in [7, 11) is 0. The topological polar surface area (TPSA) is 58.6 Å². The Morgan fingerprint density at radius 1 is 1.07 bits per heavy atom. The highest BCUT2D eigenvalue weighted by Gasteiger charge is 2.28. The number of carbonyl (C=O) groups excluding carboxylic acids is 2. The SMILES string of the molecule is CCCNC(=O)[C@@H](CC)N(Cc1ccc(Cl)c(Cl)c1)C(=O)COc1ccccc1. The van der Waals surface area contributed by atoms with E-state index in [1.54, 1.807) is 30.3 Å². The number of nitrogens with zero attached hydrogens (tertiary/aromatic N) is 1. The molecule has 5 nitrogen and oxygen atoms in total. The van der Waals surface area contributed by atoms with Gasteiger partial charge >= 0.3 is 0 Å². The monoisotopic (exact) mass is 436 g/mol. The van der Waals surface area contributed by atoms with Gasteiger partial charge in [-0.05, 0) is 42.7 Å². The molecule has 2 aromatic carbocycles. The standard InChI is InChI=1S/C22H26Cl2N2O3/c1-3-12-25-22(28)20(4-2)26(14-16-10-11-18(23)19(24)13-16)21(27)15-29-17-8-6-5-7-9-17/h5-11,13,20H,3-4,12,14-15H2,1-2H3,(H,25,28)/t20-/m1/s1. The number of halogens is 2. The van der Waals surface area contributed by atoms with Crippen molar-refractivity contribution in [1.82, 2.24) is 10.2 Å². The number of hydrogen-bond acceptors (Lipinski definition) is 3. The number of ether oxygens (including phenoxy) is 1. The van der Waals surface area contributed by atoms with Gasteiger partial charge in [-0.1, -0.05) is 61.3 Å². The molecule has 0 aliphatic carbocycles. The highest BCUT2D eigenvalue weighted by Crippen LogP contribution is 2.24. The van der Waals surface area contributed by atoms with Gasteiger partial charge in [-0.25, -0.2) is 0 Å². The van der Waals surface area contributed by atoms with Crippen LogP contribution in [-0.4, -0.2) is 35.9 Å². The van der Waals surface area contributed by atoms with Gasteiger partial charge in [-0.2, -0.15) is 0 Å². The number of carbonyl (C=O) groups is 2. The van der Waals surface area contributed by atoms with Gasteiger partial charge in [0.2, 0.25) is 5.91 Å². The van der Waals surface area contributed by atoms with Crippen LogP contribution in [-0.2, 0) is 16.1 Å². The summed E-state index contributed by atoms with van der Waals surface area (Å²) in [6, 6.07) is 13.7. The maximum atomic E-state index is 13.0. The van der Waals surface area contributed by atoms with Crippen molar-refractivity contribution < 1.29 is 14.3 Å². The summed E-state index contributed by atoms with van der Waals surface area (Å²) < 4.78 is 5.61. The van der Waals surface area contributed by atoms with E-state index in [0.29, 0.717) is 28.8 Å². The van der Waals surface area contributed by atoms with Crippen LogP contribution < -0.4 is 10.1 Å². The van der Waals surface area contributed by atoms with Crippen LogP contribution in [0.5, 0.6) is 5.75 Å². The molecule has 0 aliphatic heterocycles. The van der Waals surface area contributed by atoms with Crippen molar-refractivity contribution in [2.45, 2.75) is 39.3 Å². The molecule has 0 unspecified atom stereocenters. The molecular formula is C22H26Cl2N2O3. The molecule has 156 valence electrons. The number of hydrogen-bond donors (Lipinski definition) is 1. The van der Waals surface area contributed by atoms with Crippen molar-refractivity contribution in [3.05, 3.63) is 64.1 Å². The van der Waals surface area contributed by atoms with Crippen LogP contribution in [0.15, 0.2) is 48.5 Å². The quantitative estimate of drug-likeness (QED) is 0.586. The van der Waals surface area contributed by atoms with Crippen LogP contribution in [0.1, 0.15) is 32.3 Å². The van der Waals surface area contributed by atoms with E-state index in [2.05, 4.69) is 5.32 Å². The minimum absolute atomic E-state index is 0.164. The Morgan fingerprint density at radius 3 is 2.41 bits per heavy atom. The molecule has 1 atom stereocenters. The summed E-state index contributed by atoms with van der Waals surface area (Å²) in [5.41, 5.74) is 0.786. The lowest BCUT2D eigenvalue weighted by Crippen LogP contribution is -2.50. The fourth-order valence-corrected chi connectivity index (χ4v) is 3.19. The van der Waals surface area contributed by atoms with Gasteiger partial charge in [0.15, 0.2) is 6.61 Å². The third-order valence-corrected chi connectivity index (χ3v) is 5.12. The minimum Gasteiger partial charge on any atom is -0.484 e.